The van der Waals surface area contributed by atoms with Gasteiger partial charge in [0.2, 0.25) is 5.91 Å². The molecule has 2 aromatic rings. The maximum absolute atomic E-state index is 12.7. The Morgan fingerprint density at radius 3 is 2.61 bits per heavy atom. The minimum absolute atomic E-state index is 0.256. The van der Waals surface area contributed by atoms with Gasteiger partial charge in [-0.15, -0.1) is 11.8 Å². The van der Waals surface area contributed by atoms with E-state index in [-0.39, 0.29) is 12.3 Å². The maximum Gasteiger partial charge on any atom is 0.325 e. The van der Waals surface area contributed by atoms with E-state index >= 15 is 0 Å². The number of aliphatic carboxylic acids is 1. The van der Waals surface area contributed by atoms with Gasteiger partial charge in [0.25, 0.3) is 5.91 Å². The Hall–Kier alpha value is -3.00. The van der Waals surface area contributed by atoms with Crippen molar-refractivity contribution in [2.24, 2.45) is 0 Å². The van der Waals surface area contributed by atoms with Crippen LogP contribution in [-0.2, 0) is 16.0 Å². The third-order valence-electron chi connectivity index (χ3n) is 4.37. The van der Waals surface area contributed by atoms with Gasteiger partial charge in [-0.2, -0.15) is 0 Å². The number of fused-ring (bicyclic) bond motifs is 1. The van der Waals surface area contributed by atoms with E-state index < -0.39 is 24.0 Å². The molecule has 1 heterocycles. The fourth-order valence-corrected chi connectivity index (χ4v) is 3.69. The van der Waals surface area contributed by atoms with Crippen molar-refractivity contribution in [2.75, 3.05) is 11.2 Å². The second kappa shape index (κ2) is 8.79. The maximum atomic E-state index is 12.7. The highest BCUT2D eigenvalue weighted by Gasteiger charge is 2.25. The lowest BCUT2D eigenvalue weighted by Crippen LogP contribution is -2.51. The Morgan fingerprint density at radius 2 is 1.89 bits per heavy atom. The highest BCUT2D eigenvalue weighted by atomic mass is 32.2. The first-order valence-electron chi connectivity index (χ1n) is 8.82. The van der Waals surface area contributed by atoms with Gasteiger partial charge in [-0.25, -0.2) is 0 Å². The third kappa shape index (κ3) is 4.83. The molecule has 1 aliphatic heterocycles. The van der Waals surface area contributed by atoms with Crippen LogP contribution in [0.15, 0.2) is 53.4 Å². The number of benzene rings is 2. The summed E-state index contributed by atoms with van der Waals surface area (Å²) in [4.78, 5) is 37.4. The molecular weight excluding hydrogens is 378 g/mol. The molecule has 2 atom stereocenters. The number of carbonyl (C=O) groups excluding carboxylic acids is 2. The molecule has 0 saturated carbocycles. The third-order valence-corrected chi connectivity index (χ3v) is 5.31. The average Bonchev–Trinajstić information content (AvgIpc) is 3.15. The SMILES string of the molecule is C[C@H](NC(=O)[C@H](Cc1ccccc1)NC(=O)c1ccc2c(c1)SCN2)C(=O)O. The molecule has 146 valence electrons. The van der Waals surface area contributed by atoms with Crippen LogP contribution in [0, 0.1) is 0 Å². The van der Waals surface area contributed by atoms with Gasteiger partial charge in [-0.3, -0.25) is 14.4 Å². The smallest absolute Gasteiger partial charge is 0.325 e. The van der Waals surface area contributed by atoms with Crippen molar-refractivity contribution in [3.63, 3.8) is 0 Å². The summed E-state index contributed by atoms with van der Waals surface area (Å²) in [5.41, 5.74) is 2.29. The highest BCUT2D eigenvalue weighted by Crippen LogP contribution is 2.34. The van der Waals surface area contributed by atoms with Gasteiger partial charge in [-0.1, -0.05) is 30.3 Å². The summed E-state index contributed by atoms with van der Waals surface area (Å²) in [5.74, 6) is -1.30. The van der Waals surface area contributed by atoms with E-state index in [1.54, 1.807) is 23.9 Å². The average molecular weight is 399 g/mol. The number of hydrogen-bond donors (Lipinski definition) is 4. The van der Waals surface area contributed by atoms with Crippen molar-refractivity contribution in [1.82, 2.24) is 10.6 Å². The largest absolute Gasteiger partial charge is 0.480 e. The summed E-state index contributed by atoms with van der Waals surface area (Å²) in [5, 5.41) is 17.4. The first kappa shape index (κ1) is 19.8. The van der Waals surface area contributed by atoms with Crippen LogP contribution in [0.2, 0.25) is 0 Å². The molecule has 0 fully saturated rings. The van der Waals surface area contributed by atoms with Crippen LogP contribution < -0.4 is 16.0 Å². The Labute approximate surface area is 166 Å². The van der Waals surface area contributed by atoms with E-state index in [1.807, 2.05) is 36.4 Å². The van der Waals surface area contributed by atoms with Gasteiger partial charge >= 0.3 is 5.97 Å². The van der Waals surface area contributed by atoms with Crippen molar-refractivity contribution < 1.29 is 19.5 Å². The predicted molar refractivity (Wildman–Crippen MR) is 107 cm³/mol. The van der Waals surface area contributed by atoms with Gasteiger partial charge in [-0.05, 0) is 30.7 Å². The zero-order valence-electron chi connectivity index (χ0n) is 15.3. The lowest BCUT2D eigenvalue weighted by atomic mass is 10.0. The van der Waals surface area contributed by atoms with Gasteiger partial charge in [0, 0.05) is 22.6 Å². The minimum atomic E-state index is -1.14. The number of rotatable bonds is 7. The molecule has 4 N–H and O–H groups in total. The molecule has 0 aliphatic carbocycles. The Balaban J connectivity index is 1.76. The number of anilines is 1. The molecule has 0 unspecified atom stereocenters. The van der Waals surface area contributed by atoms with Gasteiger partial charge in [0.05, 0.1) is 5.88 Å². The number of hydrogen-bond acceptors (Lipinski definition) is 5. The fraction of sp³-hybridized carbons (Fsp3) is 0.250. The predicted octanol–water partition coefficient (Wildman–Crippen LogP) is 2.09. The number of thioether (sulfide) groups is 1. The van der Waals surface area contributed by atoms with Crippen LogP contribution in [0.3, 0.4) is 0 Å². The molecule has 8 heteroatoms. The summed E-state index contributed by atoms with van der Waals surface area (Å²) in [6.45, 7) is 1.38. The highest BCUT2D eigenvalue weighted by molar-refractivity contribution is 7.99. The zero-order valence-corrected chi connectivity index (χ0v) is 16.1. The number of nitrogens with one attached hydrogen (secondary N) is 3. The summed E-state index contributed by atoms with van der Waals surface area (Å²) < 4.78 is 0. The monoisotopic (exact) mass is 399 g/mol. The van der Waals surface area contributed by atoms with E-state index in [0.717, 1.165) is 22.0 Å². The van der Waals surface area contributed by atoms with E-state index in [0.29, 0.717) is 5.56 Å². The molecule has 2 aromatic carbocycles. The first-order valence-corrected chi connectivity index (χ1v) is 9.81. The van der Waals surface area contributed by atoms with E-state index in [4.69, 9.17) is 5.11 Å². The quantitative estimate of drug-likeness (QED) is 0.568. The van der Waals surface area contributed by atoms with Crippen LogP contribution in [0.5, 0.6) is 0 Å². The van der Waals surface area contributed by atoms with Crippen molar-refractivity contribution in [3.8, 4) is 0 Å². The number of amides is 2. The van der Waals surface area contributed by atoms with Crippen molar-refractivity contribution in [2.45, 2.75) is 30.3 Å². The van der Waals surface area contributed by atoms with Gasteiger partial charge in [0.15, 0.2) is 0 Å². The molecule has 0 spiro atoms. The molecule has 28 heavy (non-hydrogen) atoms. The summed E-state index contributed by atoms with van der Waals surface area (Å²) in [7, 11) is 0. The molecule has 0 aromatic heterocycles. The molecule has 0 saturated heterocycles. The summed E-state index contributed by atoms with van der Waals surface area (Å²) in [6.07, 6.45) is 0.256. The molecule has 3 rings (SSSR count). The standard InChI is InChI=1S/C20H21N3O4S/c1-12(20(26)27)22-19(25)16(9-13-5-3-2-4-6-13)23-18(24)14-7-8-15-17(10-14)28-11-21-15/h2-8,10,12,16,21H,9,11H2,1H3,(H,22,25)(H,23,24)(H,26,27)/t12-,16-/m0/s1. The molecular formula is C20H21N3O4S. The zero-order chi connectivity index (χ0) is 20.1. The van der Waals surface area contributed by atoms with E-state index in [2.05, 4.69) is 16.0 Å². The van der Waals surface area contributed by atoms with Crippen LogP contribution in [0.25, 0.3) is 0 Å². The number of carbonyl (C=O) groups is 3. The first-order chi connectivity index (χ1) is 13.4. The van der Waals surface area contributed by atoms with Crippen molar-refractivity contribution in [3.05, 3.63) is 59.7 Å². The Morgan fingerprint density at radius 1 is 1.14 bits per heavy atom. The fourth-order valence-electron chi connectivity index (χ4n) is 2.80. The number of carboxylic acids is 1. The van der Waals surface area contributed by atoms with Crippen LogP contribution in [0.4, 0.5) is 5.69 Å². The van der Waals surface area contributed by atoms with Crippen LogP contribution >= 0.6 is 11.8 Å². The van der Waals surface area contributed by atoms with Crippen molar-refractivity contribution in [1.29, 1.82) is 0 Å². The van der Waals surface area contributed by atoms with Gasteiger partial charge < -0.3 is 21.1 Å². The Bertz CT molecular complexity index is 888. The minimum Gasteiger partial charge on any atom is -0.480 e. The topological polar surface area (TPSA) is 108 Å². The van der Waals surface area contributed by atoms with Gasteiger partial charge in [0.1, 0.15) is 12.1 Å². The van der Waals surface area contributed by atoms with Crippen molar-refractivity contribution >= 4 is 35.2 Å². The van der Waals surface area contributed by atoms with E-state index in [1.165, 1.54) is 6.92 Å². The number of carboxylic acid groups (broad SMARTS) is 1. The Kier molecular flexibility index (Phi) is 6.20. The van der Waals surface area contributed by atoms with Crippen LogP contribution in [-0.4, -0.2) is 40.9 Å². The normalized spacial score (nSPS) is 14.3. The molecule has 1 aliphatic rings. The molecule has 0 radical (unpaired) electrons. The molecule has 0 bridgehead atoms. The summed E-state index contributed by atoms with van der Waals surface area (Å²) in [6, 6.07) is 12.6. The second-order valence-corrected chi connectivity index (χ2v) is 7.48. The second-order valence-electron chi connectivity index (χ2n) is 6.46. The lowest BCUT2D eigenvalue weighted by molar-refractivity contribution is -0.141. The molecule has 7 nitrogen and oxygen atoms in total. The lowest BCUT2D eigenvalue weighted by Gasteiger charge is -2.20. The molecule has 2 amide bonds. The van der Waals surface area contributed by atoms with E-state index in [9.17, 15) is 14.4 Å². The van der Waals surface area contributed by atoms with Crippen LogP contribution in [0.1, 0.15) is 22.8 Å². The summed E-state index contributed by atoms with van der Waals surface area (Å²) >= 11 is 1.60.